The summed E-state index contributed by atoms with van der Waals surface area (Å²) in [7, 11) is 0. The third-order valence-electron chi connectivity index (χ3n) is 1.05. The number of aromatic nitrogens is 1. The van der Waals surface area contributed by atoms with Gasteiger partial charge in [0.2, 0.25) is 0 Å². The number of rotatable bonds is 2. The van der Waals surface area contributed by atoms with Gasteiger partial charge in [-0.1, -0.05) is 5.92 Å². The summed E-state index contributed by atoms with van der Waals surface area (Å²) in [6, 6.07) is 0. The fourth-order valence-corrected chi connectivity index (χ4v) is 1.69. The van der Waals surface area contributed by atoms with E-state index in [1.165, 1.54) is 11.3 Å². The van der Waals surface area contributed by atoms with E-state index in [1.54, 1.807) is 5.51 Å². The second kappa shape index (κ2) is 3.65. The normalized spacial score (nSPS) is 9.09. The maximum Gasteiger partial charge on any atom is 0.195 e. The Hall–Kier alpha value is -0.660. The lowest BCUT2D eigenvalue weighted by atomic mass is 10.2. The highest BCUT2D eigenvalue weighted by Crippen LogP contribution is 2.21. The molecule has 0 fully saturated rings. The smallest absolute Gasteiger partial charge is 0.195 e. The van der Waals surface area contributed by atoms with Crippen molar-refractivity contribution in [1.29, 1.82) is 0 Å². The minimum atomic E-state index is -0.111. The lowest BCUT2D eigenvalue weighted by Crippen LogP contribution is -1.97. The third kappa shape index (κ3) is 1.88. The van der Waals surface area contributed by atoms with E-state index < -0.39 is 0 Å². The van der Waals surface area contributed by atoms with Crippen LogP contribution in [0.15, 0.2) is 9.30 Å². The number of hydrogen-bond donors (Lipinski definition) is 0. The molecule has 4 heteroatoms. The van der Waals surface area contributed by atoms with Gasteiger partial charge in [0.1, 0.15) is 9.48 Å². The molecule has 0 spiro atoms. The number of Topliss-reactive ketones (excluding diaryl/α,β-unsaturated/α-hetero) is 1. The molecule has 2 nitrogen and oxygen atoms in total. The predicted octanol–water partition coefficient (Wildman–Crippen LogP) is 2.11. The second-order valence-electron chi connectivity index (χ2n) is 1.78. The molecule has 0 saturated carbocycles. The number of nitrogens with zero attached hydrogens (tertiary/aromatic N) is 1. The summed E-state index contributed by atoms with van der Waals surface area (Å²) in [6.45, 7) is 0. The number of thiazole rings is 1. The number of ketones is 1. The van der Waals surface area contributed by atoms with Crippen molar-refractivity contribution in [3.63, 3.8) is 0 Å². The Morgan fingerprint density at radius 3 is 3.09 bits per heavy atom. The molecule has 1 aromatic heterocycles. The van der Waals surface area contributed by atoms with Crippen LogP contribution in [0.3, 0.4) is 0 Å². The van der Waals surface area contributed by atoms with Crippen LogP contribution in [0.1, 0.15) is 16.9 Å². The van der Waals surface area contributed by atoms with E-state index in [4.69, 9.17) is 6.42 Å². The molecule has 0 radical (unpaired) electrons. The highest BCUT2D eigenvalue weighted by molar-refractivity contribution is 9.11. The van der Waals surface area contributed by atoms with Gasteiger partial charge in [0, 0.05) is 0 Å². The number of carbonyl (C=O) groups is 1. The SMILES string of the molecule is C#CCC(=O)c1ncsc1Br. The van der Waals surface area contributed by atoms with E-state index in [-0.39, 0.29) is 12.2 Å². The first-order valence-electron chi connectivity index (χ1n) is 2.81. The van der Waals surface area contributed by atoms with Crippen molar-refractivity contribution in [3.8, 4) is 12.3 Å². The van der Waals surface area contributed by atoms with Crippen LogP contribution in [0.25, 0.3) is 0 Å². The molecular weight excluding hydrogens is 226 g/mol. The molecule has 0 aliphatic carbocycles. The van der Waals surface area contributed by atoms with E-state index in [1.807, 2.05) is 0 Å². The topological polar surface area (TPSA) is 30.0 Å². The standard InChI is InChI=1S/C7H4BrNOS/c1-2-3-5(10)6-7(8)11-4-9-6/h1,4H,3H2. The Morgan fingerprint density at radius 2 is 2.64 bits per heavy atom. The van der Waals surface area contributed by atoms with Gasteiger partial charge in [0.25, 0.3) is 0 Å². The van der Waals surface area contributed by atoms with Crippen LogP contribution in [0.5, 0.6) is 0 Å². The zero-order valence-electron chi connectivity index (χ0n) is 5.50. The molecule has 0 aromatic carbocycles. The summed E-state index contributed by atoms with van der Waals surface area (Å²) >= 11 is 4.58. The van der Waals surface area contributed by atoms with Gasteiger partial charge in [-0.3, -0.25) is 4.79 Å². The van der Waals surface area contributed by atoms with Crippen LogP contribution >= 0.6 is 27.3 Å². The lowest BCUT2D eigenvalue weighted by molar-refractivity contribution is 0.0993. The quantitative estimate of drug-likeness (QED) is 0.575. The van der Waals surface area contributed by atoms with Crippen LogP contribution in [-0.4, -0.2) is 10.8 Å². The minimum absolute atomic E-state index is 0.111. The van der Waals surface area contributed by atoms with Crippen molar-refractivity contribution in [2.75, 3.05) is 0 Å². The number of halogens is 1. The lowest BCUT2D eigenvalue weighted by Gasteiger charge is -1.89. The molecule has 0 aliphatic heterocycles. The van der Waals surface area contributed by atoms with Gasteiger partial charge in [-0.05, 0) is 15.9 Å². The fraction of sp³-hybridized carbons (Fsp3) is 0.143. The molecule has 56 valence electrons. The molecule has 0 unspecified atom stereocenters. The van der Waals surface area contributed by atoms with Crippen molar-refractivity contribution in [3.05, 3.63) is 15.0 Å². The first-order chi connectivity index (χ1) is 5.25. The summed E-state index contributed by atoms with van der Waals surface area (Å²) in [5.74, 6) is 2.17. The van der Waals surface area contributed by atoms with Gasteiger partial charge in [-0.15, -0.1) is 17.8 Å². The highest BCUT2D eigenvalue weighted by atomic mass is 79.9. The van der Waals surface area contributed by atoms with Crippen molar-refractivity contribution in [1.82, 2.24) is 4.98 Å². The van der Waals surface area contributed by atoms with Crippen LogP contribution in [-0.2, 0) is 0 Å². The summed E-state index contributed by atoms with van der Waals surface area (Å²) in [6.07, 6.45) is 5.09. The van der Waals surface area contributed by atoms with Crippen LogP contribution in [0.2, 0.25) is 0 Å². The Morgan fingerprint density at radius 1 is 1.91 bits per heavy atom. The van der Waals surface area contributed by atoms with Crippen LogP contribution in [0.4, 0.5) is 0 Å². The maximum atomic E-state index is 11.1. The molecule has 0 aliphatic rings. The molecular formula is C7H4BrNOS. The molecule has 1 heterocycles. The molecule has 0 bridgehead atoms. The molecule has 0 N–H and O–H groups in total. The van der Waals surface area contributed by atoms with Gasteiger partial charge in [0.15, 0.2) is 5.78 Å². The number of carbonyl (C=O) groups excluding carboxylic acids is 1. The highest BCUT2D eigenvalue weighted by Gasteiger charge is 2.10. The Labute approximate surface area is 76.8 Å². The monoisotopic (exact) mass is 229 g/mol. The van der Waals surface area contributed by atoms with E-state index in [2.05, 4.69) is 26.8 Å². The predicted molar refractivity (Wildman–Crippen MR) is 47.6 cm³/mol. The van der Waals surface area contributed by atoms with E-state index >= 15 is 0 Å². The van der Waals surface area contributed by atoms with E-state index in [0.29, 0.717) is 5.69 Å². The maximum absolute atomic E-state index is 11.1. The fourth-order valence-electron chi connectivity index (χ4n) is 0.590. The number of hydrogen-bond acceptors (Lipinski definition) is 3. The molecule has 1 rings (SSSR count). The summed E-state index contributed by atoms with van der Waals surface area (Å²) < 4.78 is 0.748. The first-order valence-corrected chi connectivity index (χ1v) is 4.48. The van der Waals surface area contributed by atoms with Crippen LogP contribution in [0, 0.1) is 12.3 Å². The second-order valence-corrected chi connectivity index (χ2v) is 3.95. The molecule has 11 heavy (non-hydrogen) atoms. The van der Waals surface area contributed by atoms with Gasteiger partial charge < -0.3 is 0 Å². The van der Waals surface area contributed by atoms with E-state index in [9.17, 15) is 4.79 Å². The Bertz CT molecular complexity index is 312. The van der Waals surface area contributed by atoms with Crippen molar-refractivity contribution >= 4 is 33.0 Å². The third-order valence-corrected chi connectivity index (χ3v) is 2.60. The average molecular weight is 230 g/mol. The van der Waals surface area contributed by atoms with Crippen molar-refractivity contribution in [2.45, 2.75) is 6.42 Å². The summed E-state index contributed by atoms with van der Waals surface area (Å²) in [4.78, 5) is 15.0. The zero-order chi connectivity index (χ0) is 8.27. The van der Waals surface area contributed by atoms with Crippen molar-refractivity contribution in [2.24, 2.45) is 0 Å². The van der Waals surface area contributed by atoms with E-state index in [0.717, 1.165) is 3.79 Å². The Balaban J connectivity index is 2.86. The van der Waals surface area contributed by atoms with Gasteiger partial charge in [-0.25, -0.2) is 4.98 Å². The molecule has 0 atom stereocenters. The summed E-state index contributed by atoms with van der Waals surface area (Å²) in [5.41, 5.74) is 2.04. The first kappa shape index (κ1) is 8.44. The molecule has 1 aromatic rings. The molecule has 0 amide bonds. The van der Waals surface area contributed by atoms with Crippen molar-refractivity contribution < 1.29 is 4.79 Å². The summed E-state index contributed by atoms with van der Waals surface area (Å²) in [5, 5.41) is 0. The average Bonchev–Trinajstić information content (AvgIpc) is 2.36. The number of terminal acetylenes is 1. The van der Waals surface area contributed by atoms with Gasteiger partial charge in [-0.2, -0.15) is 0 Å². The molecule has 0 saturated heterocycles. The Kier molecular flexibility index (Phi) is 2.80. The van der Waals surface area contributed by atoms with Gasteiger partial charge in [0.05, 0.1) is 11.9 Å². The van der Waals surface area contributed by atoms with Gasteiger partial charge >= 0.3 is 0 Å². The zero-order valence-corrected chi connectivity index (χ0v) is 7.91. The largest absolute Gasteiger partial charge is 0.291 e. The minimum Gasteiger partial charge on any atom is -0.291 e. The van der Waals surface area contributed by atoms with Crippen LogP contribution < -0.4 is 0 Å².